The van der Waals surface area contributed by atoms with Crippen molar-refractivity contribution in [1.82, 2.24) is 4.98 Å². The highest BCUT2D eigenvalue weighted by Crippen LogP contribution is 2.21. The van der Waals surface area contributed by atoms with E-state index in [2.05, 4.69) is 10.3 Å². The van der Waals surface area contributed by atoms with Crippen LogP contribution in [0.5, 0.6) is 0 Å². The maximum absolute atomic E-state index is 12.4. The summed E-state index contributed by atoms with van der Waals surface area (Å²) in [6, 6.07) is 7.40. The first-order valence-electron chi connectivity index (χ1n) is 7.90. The molecule has 6 heteroatoms. The molecule has 0 bridgehead atoms. The first-order chi connectivity index (χ1) is 11.2. The van der Waals surface area contributed by atoms with Crippen molar-refractivity contribution in [2.75, 3.05) is 5.32 Å². The lowest BCUT2D eigenvalue weighted by molar-refractivity contribution is 0.102. The molecule has 5 nitrogen and oxygen atoms in total. The van der Waals surface area contributed by atoms with Crippen molar-refractivity contribution < 1.29 is 13.4 Å². The maximum atomic E-state index is 12.4. The summed E-state index contributed by atoms with van der Waals surface area (Å²) in [4.78, 5) is 16.4. The highest BCUT2D eigenvalue weighted by molar-refractivity contribution is 7.85. The largest absolute Gasteiger partial charge is 0.447 e. The van der Waals surface area contributed by atoms with Crippen molar-refractivity contribution in [3.05, 3.63) is 47.7 Å². The SMILES string of the molecule is CC(C)c1ocnc1C(=O)Nc1cccc(C[S@@](=O)C(C)(C)C)c1. The summed E-state index contributed by atoms with van der Waals surface area (Å²) in [5.74, 6) is 0.793. The van der Waals surface area contributed by atoms with Gasteiger partial charge in [-0.15, -0.1) is 0 Å². The van der Waals surface area contributed by atoms with Crippen LogP contribution in [0.2, 0.25) is 0 Å². The normalized spacial score (nSPS) is 13.1. The molecule has 130 valence electrons. The Labute approximate surface area is 145 Å². The highest BCUT2D eigenvalue weighted by Gasteiger charge is 2.21. The third-order valence-electron chi connectivity index (χ3n) is 3.50. The number of hydrogen-bond donors (Lipinski definition) is 1. The molecule has 0 radical (unpaired) electrons. The van der Waals surface area contributed by atoms with E-state index in [1.807, 2.05) is 52.8 Å². The van der Waals surface area contributed by atoms with Crippen LogP contribution in [0.4, 0.5) is 5.69 Å². The lowest BCUT2D eigenvalue weighted by Crippen LogP contribution is -2.23. The zero-order valence-electron chi connectivity index (χ0n) is 14.8. The minimum atomic E-state index is -0.989. The molecule has 1 N–H and O–H groups in total. The van der Waals surface area contributed by atoms with Gasteiger partial charge in [-0.1, -0.05) is 26.0 Å². The Kier molecular flexibility index (Phi) is 5.59. The van der Waals surface area contributed by atoms with Gasteiger partial charge in [-0.05, 0) is 38.5 Å². The van der Waals surface area contributed by atoms with Crippen LogP contribution in [0.25, 0.3) is 0 Å². The highest BCUT2D eigenvalue weighted by atomic mass is 32.2. The van der Waals surface area contributed by atoms with Gasteiger partial charge < -0.3 is 9.73 Å². The topological polar surface area (TPSA) is 72.2 Å². The van der Waals surface area contributed by atoms with Crippen LogP contribution in [0.1, 0.15) is 62.3 Å². The van der Waals surface area contributed by atoms with Crippen molar-refractivity contribution >= 4 is 22.4 Å². The van der Waals surface area contributed by atoms with Gasteiger partial charge in [0.25, 0.3) is 5.91 Å². The molecule has 0 saturated carbocycles. The number of anilines is 1. The molecule has 0 fully saturated rings. The van der Waals surface area contributed by atoms with Crippen molar-refractivity contribution in [3.63, 3.8) is 0 Å². The van der Waals surface area contributed by atoms with Crippen LogP contribution in [-0.2, 0) is 16.6 Å². The fourth-order valence-corrected chi connectivity index (χ4v) is 3.05. The van der Waals surface area contributed by atoms with Crippen LogP contribution in [0.3, 0.4) is 0 Å². The lowest BCUT2D eigenvalue weighted by Gasteiger charge is -2.18. The summed E-state index contributed by atoms with van der Waals surface area (Å²) in [6.07, 6.45) is 1.28. The second kappa shape index (κ2) is 7.30. The van der Waals surface area contributed by atoms with Crippen LogP contribution < -0.4 is 5.32 Å². The Hall–Kier alpha value is -1.95. The van der Waals surface area contributed by atoms with E-state index in [1.54, 1.807) is 6.07 Å². The zero-order chi connectivity index (χ0) is 17.9. The van der Waals surface area contributed by atoms with Crippen molar-refractivity contribution in [1.29, 1.82) is 0 Å². The molecule has 1 atom stereocenters. The number of nitrogens with one attached hydrogen (secondary N) is 1. The molecular weight excluding hydrogens is 324 g/mol. The molecule has 0 spiro atoms. The number of carbonyl (C=O) groups is 1. The van der Waals surface area contributed by atoms with Crippen LogP contribution in [-0.4, -0.2) is 19.8 Å². The van der Waals surface area contributed by atoms with Crippen LogP contribution in [0, 0.1) is 0 Å². The molecule has 24 heavy (non-hydrogen) atoms. The van der Waals surface area contributed by atoms with E-state index >= 15 is 0 Å². The standard InChI is InChI=1S/C18H24N2O3S/c1-12(2)16-15(19-11-23-16)17(21)20-14-8-6-7-13(9-14)10-24(22)18(3,4)5/h6-9,11-12H,10H2,1-5H3,(H,20,21)/t24-/m1/s1. The number of rotatable bonds is 5. The molecule has 1 amide bonds. The first kappa shape index (κ1) is 18.4. The quantitative estimate of drug-likeness (QED) is 0.883. The van der Waals surface area contributed by atoms with Gasteiger partial charge in [0, 0.05) is 32.9 Å². The minimum absolute atomic E-state index is 0.0776. The Morgan fingerprint density at radius 1 is 1.33 bits per heavy atom. The van der Waals surface area contributed by atoms with Crippen molar-refractivity contribution in [2.24, 2.45) is 0 Å². The molecular formula is C18H24N2O3S. The van der Waals surface area contributed by atoms with Gasteiger partial charge in [-0.3, -0.25) is 9.00 Å². The maximum Gasteiger partial charge on any atom is 0.277 e. The number of aromatic nitrogens is 1. The Morgan fingerprint density at radius 3 is 2.67 bits per heavy atom. The molecule has 1 aromatic heterocycles. The van der Waals surface area contributed by atoms with E-state index in [0.717, 1.165) is 5.56 Å². The van der Waals surface area contributed by atoms with Gasteiger partial charge in [0.15, 0.2) is 12.1 Å². The Balaban J connectivity index is 2.13. The van der Waals surface area contributed by atoms with E-state index in [4.69, 9.17) is 4.42 Å². The number of nitrogens with zero attached hydrogens (tertiary/aromatic N) is 1. The van der Waals surface area contributed by atoms with E-state index in [0.29, 0.717) is 22.9 Å². The van der Waals surface area contributed by atoms with Gasteiger partial charge >= 0.3 is 0 Å². The molecule has 0 aliphatic carbocycles. The fourth-order valence-electron chi connectivity index (χ4n) is 2.13. The summed E-state index contributed by atoms with van der Waals surface area (Å²) < 4.78 is 17.3. The monoisotopic (exact) mass is 348 g/mol. The average Bonchev–Trinajstić information content (AvgIpc) is 2.96. The van der Waals surface area contributed by atoms with Crippen molar-refractivity contribution in [2.45, 2.75) is 51.0 Å². The molecule has 0 aliphatic heterocycles. The predicted molar refractivity (Wildman–Crippen MR) is 96.6 cm³/mol. The van der Waals surface area contributed by atoms with Gasteiger partial charge in [0.05, 0.1) is 0 Å². The molecule has 0 unspecified atom stereocenters. The van der Waals surface area contributed by atoms with Gasteiger partial charge in [0.2, 0.25) is 0 Å². The molecule has 1 heterocycles. The van der Waals surface area contributed by atoms with E-state index in [9.17, 15) is 9.00 Å². The molecule has 1 aromatic carbocycles. The van der Waals surface area contributed by atoms with E-state index in [1.165, 1.54) is 6.39 Å². The Bertz CT molecular complexity index is 745. The lowest BCUT2D eigenvalue weighted by atomic mass is 10.1. The number of hydrogen-bond acceptors (Lipinski definition) is 4. The number of amides is 1. The van der Waals surface area contributed by atoms with Crippen LogP contribution in [0.15, 0.2) is 35.1 Å². The first-order valence-corrected chi connectivity index (χ1v) is 9.22. The summed E-state index contributed by atoms with van der Waals surface area (Å²) in [5, 5.41) is 2.83. The second-order valence-electron chi connectivity index (χ2n) is 6.98. The average molecular weight is 348 g/mol. The second-order valence-corrected chi connectivity index (χ2v) is 9.18. The predicted octanol–water partition coefficient (Wildman–Crippen LogP) is 4.10. The summed E-state index contributed by atoms with van der Waals surface area (Å²) in [6.45, 7) is 9.74. The van der Waals surface area contributed by atoms with Gasteiger partial charge in [0.1, 0.15) is 5.76 Å². The minimum Gasteiger partial charge on any atom is -0.447 e. The van der Waals surface area contributed by atoms with Gasteiger partial charge in [-0.2, -0.15) is 0 Å². The summed E-state index contributed by atoms with van der Waals surface area (Å²) in [7, 11) is -0.989. The molecule has 0 saturated heterocycles. The van der Waals surface area contributed by atoms with E-state index in [-0.39, 0.29) is 16.6 Å². The molecule has 2 aromatic rings. The third-order valence-corrected chi connectivity index (χ3v) is 5.46. The third kappa shape index (κ3) is 4.54. The summed E-state index contributed by atoms with van der Waals surface area (Å²) in [5.41, 5.74) is 1.88. The van der Waals surface area contributed by atoms with Gasteiger partial charge in [-0.25, -0.2) is 4.98 Å². The fraction of sp³-hybridized carbons (Fsp3) is 0.444. The number of oxazole rings is 1. The Morgan fingerprint density at radius 2 is 2.04 bits per heavy atom. The number of benzene rings is 1. The molecule has 2 rings (SSSR count). The number of carbonyl (C=O) groups excluding carboxylic acids is 1. The molecule has 0 aliphatic rings. The van der Waals surface area contributed by atoms with Crippen molar-refractivity contribution in [3.8, 4) is 0 Å². The smallest absolute Gasteiger partial charge is 0.277 e. The van der Waals surface area contributed by atoms with E-state index < -0.39 is 10.8 Å². The van der Waals surface area contributed by atoms with Crippen LogP contribution >= 0.6 is 0 Å². The zero-order valence-corrected chi connectivity index (χ0v) is 15.6. The summed E-state index contributed by atoms with van der Waals surface area (Å²) >= 11 is 0.